The molecule has 0 atom stereocenters. The van der Waals surface area contributed by atoms with Gasteiger partial charge < -0.3 is 4.74 Å². The van der Waals surface area contributed by atoms with Crippen LogP contribution in [0.4, 0.5) is 0 Å². The van der Waals surface area contributed by atoms with Crippen LogP contribution in [0.3, 0.4) is 0 Å². The van der Waals surface area contributed by atoms with Crippen molar-refractivity contribution < 1.29 is 19.1 Å². The third-order valence-corrected chi connectivity index (χ3v) is 3.93. The lowest BCUT2D eigenvalue weighted by Gasteiger charge is -2.42. The molecule has 0 fully saturated rings. The quantitative estimate of drug-likeness (QED) is 0.444. The molecular formula is C20H21ClN2O4. The van der Waals surface area contributed by atoms with Gasteiger partial charge in [0.1, 0.15) is 0 Å². The number of hydrogen-bond acceptors (Lipinski definition) is 4. The number of carbonyl (C=O) groups excluding carboxylic acids is 3. The van der Waals surface area contributed by atoms with E-state index in [1.165, 1.54) is 5.01 Å². The summed E-state index contributed by atoms with van der Waals surface area (Å²) < 4.78 is 4.83. The zero-order chi connectivity index (χ0) is 20.0. The fourth-order valence-corrected chi connectivity index (χ4v) is 2.66. The van der Waals surface area contributed by atoms with Crippen LogP contribution in [0.25, 0.3) is 0 Å². The molecule has 2 rings (SSSR count). The van der Waals surface area contributed by atoms with Crippen LogP contribution in [-0.4, -0.2) is 40.6 Å². The molecule has 0 spiro atoms. The molecule has 0 bridgehead atoms. The van der Waals surface area contributed by atoms with E-state index < -0.39 is 18.2 Å². The summed E-state index contributed by atoms with van der Waals surface area (Å²) in [5, 5.41) is 2.89. The van der Waals surface area contributed by atoms with Gasteiger partial charge in [0.2, 0.25) is 0 Å². The Balaban J connectivity index is 2.47. The van der Waals surface area contributed by atoms with Gasteiger partial charge in [-0.3, -0.25) is 14.4 Å². The minimum Gasteiger partial charge on any atom is -0.444 e. The first kappa shape index (κ1) is 20.5. The van der Waals surface area contributed by atoms with Gasteiger partial charge in [0.15, 0.2) is 6.73 Å². The van der Waals surface area contributed by atoms with E-state index in [1.54, 1.807) is 75.4 Å². The van der Waals surface area contributed by atoms with Crippen LogP contribution in [0, 0.1) is 0 Å². The molecule has 0 saturated carbocycles. The number of amides is 2. The molecule has 0 aliphatic heterocycles. The number of halogens is 1. The number of benzene rings is 2. The van der Waals surface area contributed by atoms with Crippen LogP contribution >= 0.6 is 11.6 Å². The molecule has 7 heteroatoms. The monoisotopic (exact) mass is 388 g/mol. The summed E-state index contributed by atoms with van der Waals surface area (Å²) in [5.74, 6) is -0.882. The summed E-state index contributed by atoms with van der Waals surface area (Å²) >= 11 is 5.88. The van der Waals surface area contributed by atoms with Crippen molar-refractivity contribution in [2.45, 2.75) is 26.3 Å². The third kappa shape index (κ3) is 5.08. The zero-order valence-corrected chi connectivity index (χ0v) is 16.1. The Hall–Kier alpha value is -2.86. The molecular weight excluding hydrogens is 368 g/mol. The fraction of sp³-hybridized carbons (Fsp3) is 0.250. The maximum Gasteiger partial charge on any atom is 0.294 e. The Kier molecular flexibility index (Phi) is 6.58. The molecule has 0 aliphatic rings. The second-order valence-corrected chi connectivity index (χ2v) is 7.19. The first-order valence-electron chi connectivity index (χ1n) is 8.28. The summed E-state index contributed by atoms with van der Waals surface area (Å²) in [6, 6.07) is 14.8. The van der Waals surface area contributed by atoms with Crippen molar-refractivity contribution >= 4 is 29.9 Å². The van der Waals surface area contributed by atoms with Crippen molar-refractivity contribution in [2.75, 3.05) is 6.73 Å². The average molecular weight is 389 g/mol. The third-order valence-electron chi connectivity index (χ3n) is 3.68. The maximum atomic E-state index is 13.2. The first-order valence-corrected chi connectivity index (χ1v) is 8.65. The van der Waals surface area contributed by atoms with Gasteiger partial charge in [-0.1, -0.05) is 29.8 Å². The molecule has 0 aromatic heterocycles. The van der Waals surface area contributed by atoms with Crippen molar-refractivity contribution in [3.05, 3.63) is 70.7 Å². The Morgan fingerprint density at radius 1 is 0.963 bits per heavy atom. The number of carbonyl (C=O) groups is 3. The molecule has 2 amide bonds. The highest BCUT2D eigenvalue weighted by atomic mass is 35.5. The largest absolute Gasteiger partial charge is 0.444 e. The summed E-state index contributed by atoms with van der Waals surface area (Å²) in [6.07, 6.45) is 0. The van der Waals surface area contributed by atoms with Gasteiger partial charge in [-0.2, -0.15) is 0 Å². The van der Waals surface area contributed by atoms with Crippen LogP contribution in [0.15, 0.2) is 54.6 Å². The van der Waals surface area contributed by atoms with Gasteiger partial charge in [0.25, 0.3) is 18.3 Å². The number of nitrogens with zero attached hydrogens (tertiary/aromatic N) is 2. The predicted molar refractivity (Wildman–Crippen MR) is 102 cm³/mol. The fourth-order valence-electron chi connectivity index (χ4n) is 2.53. The Morgan fingerprint density at radius 3 is 2.04 bits per heavy atom. The van der Waals surface area contributed by atoms with Crippen LogP contribution in [0.5, 0.6) is 0 Å². The van der Waals surface area contributed by atoms with Crippen molar-refractivity contribution in [2.24, 2.45) is 0 Å². The first-order chi connectivity index (χ1) is 12.8. The molecule has 0 N–H and O–H groups in total. The second kappa shape index (κ2) is 8.68. The van der Waals surface area contributed by atoms with Crippen LogP contribution < -0.4 is 0 Å². The maximum absolute atomic E-state index is 13.2. The molecule has 0 unspecified atom stereocenters. The van der Waals surface area contributed by atoms with E-state index in [2.05, 4.69) is 0 Å². The van der Waals surface area contributed by atoms with Crippen molar-refractivity contribution in [3.63, 3.8) is 0 Å². The SMILES string of the molecule is CC(C)(C)N(C(=O)c1ccccc1)N(COC=O)C(=O)c1ccc(Cl)cc1. The Labute approximate surface area is 163 Å². The predicted octanol–water partition coefficient (Wildman–Crippen LogP) is 3.77. The van der Waals surface area contributed by atoms with Crippen molar-refractivity contribution in [1.82, 2.24) is 10.0 Å². The van der Waals surface area contributed by atoms with Gasteiger partial charge in [0.05, 0.1) is 5.54 Å². The number of hydrazine groups is 1. The highest BCUT2D eigenvalue weighted by molar-refractivity contribution is 6.30. The van der Waals surface area contributed by atoms with Crippen LogP contribution in [0.1, 0.15) is 41.5 Å². The minimum absolute atomic E-state index is 0.232. The van der Waals surface area contributed by atoms with Crippen LogP contribution in [0.2, 0.25) is 5.02 Å². The molecule has 2 aromatic rings. The number of ether oxygens (including phenoxy) is 1. The molecule has 0 saturated heterocycles. The molecule has 2 aromatic carbocycles. The summed E-state index contributed by atoms with van der Waals surface area (Å²) in [4.78, 5) is 37.0. The zero-order valence-electron chi connectivity index (χ0n) is 15.4. The molecule has 0 aliphatic carbocycles. The molecule has 6 nitrogen and oxygen atoms in total. The smallest absolute Gasteiger partial charge is 0.294 e. The van der Waals surface area contributed by atoms with E-state index in [1.807, 2.05) is 0 Å². The van der Waals surface area contributed by atoms with Crippen molar-refractivity contribution in [1.29, 1.82) is 0 Å². The summed E-state index contributed by atoms with van der Waals surface area (Å²) in [6.45, 7) is 5.20. The lowest BCUT2D eigenvalue weighted by Crippen LogP contribution is -2.58. The molecule has 0 radical (unpaired) electrons. The molecule has 0 heterocycles. The van der Waals surface area contributed by atoms with E-state index in [9.17, 15) is 14.4 Å². The highest BCUT2D eigenvalue weighted by Gasteiger charge is 2.36. The molecule has 142 valence electrons. The average Bonchev–Trinajstić information content (AvgIpc) is 2.64. The Bertz CT molecular complexity index is 801. The lowest BCUT2D eigenvalue weighted by molar-refractivity contribution is -0.141. The highest BCUT2D eigenvalue weighted by Crippen LogP contribution is 2.23. The number of hydrogen-bond donors (Lipinski definition) is 0. The van der Waals surface area contributed by atoms with Gasteiger partial charge in [0, 0.05) is 16.1 Å². The normalized spacial score (nSPS) is 10.8. The van der Waals surface area contributed by atoms with E-state index in [-0.39, 0.29) is 12.4 Å². The topological polar surface area (TPSA) is 66.9 Å². The lowest BCUT2D eigenvalue weighted by atomic mass is 10.1. The van der Waals surface area contributed by atoms with Gasteiger partial charge in [-0.25, -0.2) is 10.0 Å². The Morgan fingerprint density at radius 2 is 1.52 bits per heavy atom. The van der Waals surface area contributed by atoms with E-state index >= 15 is 0 Å². The number of rotatable bonds is 5. The van der Waals surface area contributed by atoms with E-state index in [0.29, 0.717) is 16.1 Å². The second-order valence-electron chi connectivity index (χ2n) is 6.76. The van der Waals surface area contributed by atoms with Crippen molar-refractivity contribution in [3.8, 4) is 0 Å². The standard InChI is InChI=1S/C20H21ClN2O4/c1-20(2,3)23(19(26)15-7-5-4-6-8-15)22(13-27-14-24)18(25)16-9-11-17(21)12-10-16/h4-12,14H,13H2,1-3H3. The summed E-state index contributed by atoms with van der Waals surface area (Å²) in [7, 11) is 0. The minimum atomic E-state index is -0.763. The van der Waals surface area contributed by atoms with Gasteiger partial charge in [-0.05, 0) is 57.2 Å². The van der Waals surface area contributed by atoms with Gasteiger partial charge in [-0.15, -0.1) is 0 Å². The summed E-state index contributed by atoms with van der Waals surface area (Å²) in [5.41, 5.74) is -0.0437. The van der Waals surface area contributed by atoms with E-state index in [4.69, 9.17) is 16.3 Å². The van der Waals surface area contributed by atoms with Crippen LogP contribution in [-0.2, 0) is 9.53 Å². The molecule has 27 heavy (non-hydrogen) atoms. The van der Waals surface area contributed by atoms with Gasteiger partial charge >= 0.3 is 0 Å². The van der Waals surface area contributed by atoms with E-state index in [0.717, 1.165) is 5.01 Å².